The first-order valence-corrected chi connectivity index (χ1v) is 7.47. The third-order valence-corrected chi connectivity index (χ3v) is 4.27. The van der Waals surface area contributed by atoms with Crippen molar-refractivity contribution in [1.29, 1.82) is 0 Å². The van der Waals surface area contributed by atoms with Crippen molar-refractivity contribution in [3.63, 3.8) is 0 Å². The summed E-state index contributed by atoms with van der Waals surface area (Å²) in [5, 5.41) is 0. The Hall–Kier alpha value is -1.41. The molecule has 1 unspecified atom stereocenters. The molecule has 114 valence electrons. The quantitative estimate of drug-likeness (QED) is 0.539. The Bertz CT molecular complexity index is 280. The summed E-state index contributed by atoms with van der Waals surface area (Å²) in [4.78, 5) is 11.6. The van der Waals surface area contributed by atoms with E-state index in [-0.39, 0.29) is 11.9 Å². The highest BCUT2D eigenvalue weighted by Gasteiger charge is 2.36. The topological polar surface area (TPSA) is 26.3 Å². The molecule has 0 N–H and O–H groups in total. The van der Waals surface area contributed by atoms with Crippen LogP contribution in [0.5, 0.6) is 0 Å². The van der Waals surface area contributed by atoms with E-state index in [1.165, 1.54) is 19.3 Å². The molecule has 0 saturated carbocycles. The van der Waals surface area contributed by atoms with Gasteiger partial charge in [-0.15, -0.1) is 25.7 Å². The molecule has 2 heteroatoms. The number of terminal acetylenes is 2. The van der Waals surface area contributed by atoms with Crippen molar-refractivity contribution >= 4 is 5.97 Å². The van der Waals surface area contributed by atoms with E-state index in [4.69, 9.17) is 4.74 Å². The van der Waals surface area contributed by atoms with E-state index in [9.17, 15) is 4.79 Å². The van der Waals surface area contributed by atoms with Crippen LogP contribution in [0.15, 0.2) is 0 Å². The molecule has 1 aliphatic heterocycles. The van der Waals surface area contributed by atoms with E-state index in [2.05, 4.69) is 53.4 Å². The molecular weight excluding hydrogens is 248 g/mol. The van der Waals surface area contributed by atoms with Gasteiger partial charge >= 0.3 is 5.97 Å². The number of cyclic esters (lactones) is 1. The Kier molecular flexibility index (Phi) is 13.2. The second-order valence-corrected chi connectivity index (χ2v) is 5.19. The minimum absolute atomic E-state index is 0.0388. The van der Waals surface area contributed by atoms with Crippen molar-refractivity contribution in [1.82, 2.24) is 0 Å². The minimum atomic E-state index is 0.0388. The van der Waals surface area contributed by atoms with E-state index >= 15 is 0 Å². The molecule has 1 aliphatic rings. The molecule has 20 heavy (non-hydrogen) atoms. The zero-order valence-corrected chi connectivity index (χ0v) is 13.5. The number of hydrogen-bond acceptors (Lipinski definition) is 2. The van der Waals surface area contributed by atoms with Crippen molar-refractivity contribution in [2.75, 3.05) is 6.61 Å². The molecule has 1 rings (SSSR count). The Morgan fingerprint density at radius 3 is 1.80 bits per heavy atom. The number of rotatable bonds is 6. The maximum Gasteiger partial charge on any atom is 0.309 e. The fraction of sp³-hybridized carbons (Fsp3) is 0.722. The molecule has 1 heterocycles. The lowest BCUT2D eigenvalue weighted by Gasteiger charge is -2.26. The molecule has 1 fully saturated rings. The molecule has 0 bridgehead atoms. The SMILES string of the molecule is C#C.C#C.CCC(CC)C(CC)C[C@@H]1C(=O)OC[C@@H]1C. The third kappa shape index (κ3) is 6.16. The Balaban J connectivity index is 0. The van der Waals surface area contributed by atoms with Gasteiger partial charge in [0.25, 0.3) is 0 Å². The van der Waals surface area contributed by atoms with Crippen molar-refractivity contribution in [2.45, 2.75) is 53.4 Å². The van der Waals surface area contributed by atoms with E-state index in [1.54, 1.807) is 0 Å². The zero-order chi connectivity index (χ0) is 16.1. The van der Waals surface area contributed by atoms with Crippen LogP contribution in [0.4, 0.5) is 0 Å². The smallest absolute Gasteiger partial charge is 0.309 e. The Morgan fingerprint density at radius 2 is 1.50 bits per heavy atom. The van der Waals surface area contributed by atoms with Crippen molar-refractivity contribution in [2.24, 2.45) is 23.7 Å². The van der Waals surface area contributed by atoms with Crippen LogP contribution >= 0.6 is 0 Å². The normalized spacial score (nSPS) is 21.9. The molecule has 1 saturated heterocycles. The molecule has 0 aromatic carbocycles. The summed E-state index contributed by atoms with van der Waals surface area (Å²) in [6.45, 7) is 9.52. The molecule has 0 aliphatic carbocycles. The van der Waals surface area contributed by atoms with Crippen LogP contribution < -0.4 is 0 Å². The van der Waals surface area contributed by atoms with E-state index in [0.29, 0.717) is 18.4 Å². The summed E-state index contributed by atoms with van der Waals surface area (Å²) in [5.41, 5.74) is 0. The first-order valence-electron chi connectivity index (χ1n) is 7.47. The predicted molar refractivity (Wildman–Crippen MR) is 85.9 cm³/mol. The molecule has 3 atom stereocenters. The largest absolute Gasteiger partial charge is 0.465 e. The minimum Gasteiger partial charge on any atom is -0.465 e. The van der Waals surface area contributed by atoms with Crippen LogP contribution in [0.2, 0.25) is 0 Å². The van der Waals surface area contributed by atoms with Crippen LogP contribution in [-0.4, -0.2) is 12.6 Å². The van der Waals surface area contributed by atoms with Gasteiger partial charge < -0.3 is 4.74 Å². The van der Waals surface area contributed by atoms with Gasteiger partial charge in [0, 0.05) is 5.92 Å². The van der Waals surface area contributed by atoms with Gasteiger partial charge in [-0.3, -0.25) is 4.79 Å². The lowest BCUT2D eigenvalue weighted by atomic mass is 9.77. The summed E-state index contributed by atoms with van der Waals surface area (Å²) in [7, 11) is 0. The summed E-state index contributed by atoms with van der Waals surface area (Å²) in [6.07, 6.45) is 20.7. The van der Waals surface area contributed by atoms with Crippen LogP contribution in [0.3, 0.4) is 0 Å². The fourth-order valence-electron chi connectivity index (χ4n) is 2.97. The Morgan fingerprint density at radius 1 is 1.05 bits per heavy atom. The molecular formula is C18H30O2. The van der Waals surface area contributed by atoms with Gasteiger partial charge in [0.15, 0.2) is 0 Å². The highest BCUT2D eigenvalue weighted by molar-refractivity contribution is 5.74. The van der Waals surface area contributed by atoms with E-state index < -0.39 is 0 Å². The van der Waals surface area contributed by atoms with Gasteiger partial charge in [-0.25, -0.2) is 0 Å². The highest BCUT2D eigenvalue weighted by atomic mass is 16.5. The van der Waals surface area contributed by atoms with Crippen LogP contribution in [-0.2, 0) is 9.53 Å². The van der Waals surface area contributed by atoms with E-state index in [1.807, 2.05) is 0 Å². The number of hydrogen-bond donors (Lipinski definition) is 0. The molecule has 0 spiro atoms. The van der Waals surface area contributed by atoms with Gasteiger partial charge in [0.2, 0.25) is 0 Å². The van der Waals surface area contributed by atoms with Crippen LogP contribution in [0.1, 0.15) is 53.4 Å². The van der Waals surface area contributed by atoms with Crippen molar-refractivity contribution < 1.29 is 9.53 Å². The maximum atomic E-state index is 11.6. The zero-order valence-electron chi connectivity index (χ0n) is 13.5. The van der Waals surface area contributed by atoms with Crippen molar-refractivity contribution in [3.05, 3.63) is 0 Å². The first-order chi connectivity index (χ1) is 9.63. The van der Waals surface area contributed by atoms with Gasteiger partial charge in [0.1, 0.15) is 0 Å². The number of esters is 1. The molecule has 0 radical (unpaired) electrons. The second kappa shape index (κ2) is 12.6. The summed E-state index contributed by atoms with van der Waals surface area (Å²) < 4.78 is 5.13. The number of carbonyl (C=O) groups is 1. The summed E-state index contributed by atoms with van der Waals surface area (Å²) >= 11 is 0. The second-order valence-electron chi connectivity index (χ2n) is 5.19. The summed E-state index contributed by atoms with van der Waals surface area (Å²) in [5.74, 6) is 2.07. The lowest BCUT2D eigenvalue weighted by molar-refractivity contribution is -0.141. The average Bonchev–Trinajstić information content (AvgIpc) is 2.82. The molecule has 0 amide bonds. The molecule has 2 nitrogen and oxygen atoms in total. The maximum absolute atomic E-state index is 11.6. The monoisotopic (exact) mass is 278 g/mol. The van der Waals surface area contributed by atoms with Gasteiger partial charge in [-0.2, -0.15) is 0 Å². The molecule has 0 aromatic heterocycles. The van der Waals surface area contributed by atoms with Crippen LogP contribution in [0, 0.1) is 49.4 Å². The molecule has 0 aromatic rings. The Labute approximate surface area is 125 Å². The lowest BCUT2D eigenvalue weighted by Crippen LogP contribution is -2.22. The highest BCUT2D eigenvalue weighted by Crippen LogP contribution is 2.34. The van der Waals surface area contributed by atoms with Crippen LogP contribution in [0.25, 0.3) is 0 Å². The van der Waals surface area contributed by atoms with Crippen molar-refractivity contribution in [3.8, 4) is 25.7 Å². The third-order valence-electron chi connectivity index (χ3n) is 4.27. The van der Waals surface area contributed by atoms with Gasteiger partial charge in [-0.05, 0) is 18.3 Å². The standard InChI is InChI=1S/C14H26O2.2C2H2/c1-5-11(6-2)12(7-3)8-13-10(4)9-16-14(13)15;2*1-2/h10-13H,5-9H2,1-4H3;2*1-2H/t10-,12?,13-;;/m0../s1. The van der Waals surface area contributed by atoms with E-state index in [0.717, 1.165) is 12.3 Å². The van der Waals surface area contributed by atoms with Gasteiger partial charge in [0.05, 0.1) is 12.5 Å². The first kappa shape index (κ1) is 20.9. The van der Waals surface area contributed by atoms with Gasteiger partial charge in [-0.1, -0.05) is 47.0 Å². The predicted octanol–water partition coefficient (Wildman–Crippen LogP) is 4.15. The fourth-order valence-corrected chi connectivity index (χ4v) is 2.97. The number of ether oxygens (including phenoxy) is 1. The average molecular weight is 278 g/mol. The number of carbonyl (C=O) groups excluding carboxylic acids is 1. The summed E-state index contributed by atoms with van der Waals surface area (Å²) in [6, 6.07) is 0.